The predicted molar refractivity (Wildman–Crippen MR) is 84.0 cm³/mol. The third kappa shape index (κ3) is 3.74. The van der Waals surface area contributed by atoms with Crippen LogP contribution in [0.25, 0.3) is 0 Å². The molecule has 0 aliphatic heterocycles. The van der Waals surface area contributed by atoms with Crippen molar-refractivity contribution in [1.29, 1.82) is 0 Å². The van der Waals surface area contributed by atoms with Crippen molar-refractivity contribution >= 4 is 6.01 Å². The van der Waals surface area contributed by atoms with Gasteiger partial charge in [0.25, 0.3) is 0 Å². The number of nitrogens with zero attached hydrogens (tertiary/aromatic N) is 4. The van der Waals surface area contributed by atoms with E-state index in [1.165, 1.54) is 0 Å². The highest BCUT2D eigenvalue weighted by molar-refractivity contribution is 5.23. The minimum absolute atomic E-state index is 0.191. The summed E-state index contributed by atoms with van der Waals surface area (Å²) in [4.78, 5) is 8.69. The van der Waals surface area contributed by atoms with Crippen LogP contribution >= 0.6 is 0 Å². The van der Waals surface area contributed by atoms with Crippen LogP contribution in [-0.2, 0) is 6.42 Å². The molecule has 0 unspecified atom stereocenters. The van der Waals surface area contributed by atoms with Crippen LogP contribution < -0.4 is 5.32 Å². The van der Waals surface area contributed by atoms with Gasteiger partial charge in [-0.15, -0.1) is 0 Å². The van der Waals surface area contributed by atoms with Gasteiger partial charge in [-0.2, -0.15) is 9.97 Å². The molecule has 2 aromatic heterocycles. The maximum atomic E-state index is 5.30. The third-order valence-corrected chi connectivity index (χ3v) is 3.37. The van der Waals surface area contributed by atoms with Crippen molar-refractivity contribution in [2.24, 2.45) is 0 Å². The number of hydrogen-bond donors (Lipinski definition) is 1. The maximum absolute atomic E-state index is 5.30. The first-order chi connectivity index (χ1) is 11.1. The van der Waals surface area contributed by atoms with Gasteiger partial charge in [0.1, 0.15) is 0 Å². The van der Waals surface area contributed by atoms with Crippen molar-refractivity contribution in [2.75, 3.05) is 5.32 Å². The second kappa shape index (κ2) is 6.60. The van der Waals surface area contributed by atoms with Gasteiger partial charge < -0.3 is 14.4 Å². The van der Waals surface area contributed by atoms with Crippen molar-refractivity contribution < 1.29 is 9.05 Å². The van der Waals surface area contributed by atoms with Crippen LogP contribution in [0.1, 0.15) is 55.8 Å². The summed E-state index contributed by atoms with van der Waals surface area (Å²) in [6.07, 6.45) is 0.610. The second-order valence-electron chi connectivity index (χ2n) is 5.69. The average molecular weight is 313 g/mol. The predicted octanol–water partition coefficient (Wildman–Crippen LogP) is 3.34. The zero-order valence-corrected chi connectivity index (χ0v) is 13.4. The molecule has 0 amide bonds. The molecule has 7 nitrogen and oxygen atoms in total. The Hall–Kier alpha value is -2.70. The van der Waals surface area contributed by atoms with Crippen LogP contribution in [0.15, 0.2) is 39.4 Å². The molecule has 7 heteroatoms. The number of aromatic nitrogens is 4. The molecule has 0 saturated carbocycles. The summed E-state index contributed by atoms with van der Waals surface area (Å²) in [5.74, 6) is 2.01. The number of anilines is 1. The first kappa shape index (κ1) is 15.2. The minimum Gasteiger partial charge on any atom is -0.339 e. The van der Waals surface area contributed by atoms with Gasteiger partial charge in [0.05, 0.1) is 12.5 Å². The Bertz CT molecular complexity index is 751. The second-order valence-corrected chi connectivity index (χ2v) is 5.69. The third-order valence-electron chi connectivity index (χ3n) is 3.37. The molecule has 1 N–H and O–H groups in total. The normalized spacial score (nSPS) is 12.5. The number of benzene rings is 1. The molecule has 0 saturated heterocycles. The fourth-order valence-corrected chi connectivity index (χ4v) is 2.06. The molecule has 120 valence electrons. The van der Waals surface area contributed by atoms with Crippen LogP contribution in [-0.4, -0.2) is 20.3 Å². The first-order valence-corrected chi connectivity index (χ1v) is 7.58. The highest BCUT2D eigenvalue weighted by Crippen LogP contribution is 2.18. The topological polar surface area (TPSA) is 89.9 Å². The van der Waals surface area contributed by atoms with Crippen molar-refractivity contribution in [3.63, 3.8) is 0 Å². The van der Waals surface area contributed by atoms with E-state index in [-0.39, 0.29) is 12.0 Å². The molecule has 0 bridgehead atoms. The smallest absolute Gasteiger partial charge is 0.322 e. The molecule has 3 rings (SSSR count). The zero-order valence-electron chi connectivity index (χ0n) is 13.4. The van der Waals surface area contributed by atoms with Gasteiger partial charge >= 0.3 is 6.01 Å². The summed E-state index contributed by atoms with van der Waals surface area (Å²) in [6, 6.07) is 10.2. The molecule has 23 heavy (non-hydrogen) atoms. The summed E-state index contributed by atoms with van der Waals surface area (Å²) in [5, 5.41) is 11.0. The van der Waals surface area contributed by atoms with E-state index in [9.17, 15) is 0 Å². The molecular formula is C16H19N5O2. The van der Waals surface area contributed by atoms with E-state index in [1.807, 2.05) is 51.1 Å². The van der Waals surface area contributed by atoms with Crippen molar-refractivity contribution in [2.45, 2.75) is 39.2 Å². The lowest BCUT2D eigenvalue weighted by Crippen LogP contribution is -2.09. The molecule has 1 atom stereocenters. The van der Waals surface area contributed by atoms with Gasteiger partial charge in [0.15, 0.2) is 11.6 Å². The summed E-state index contributed by atoms with van der Waals surface area (Å²) in [5.41, 5.74) is 1.13. The van der Waals surface area contributed by atoms with E-state index in [0.717, 1.165) is 5.56 Å². The van der Waals surface area contributed by atoms with E-state index in [2.05, 4.69) is 25.6 Å². The van der Waals surface area contributed by atoms with Gasteiger partial charge in [-0.1, -0.05) is 54.5 Å². The van der Waals surface area contributed by atoms with E-state index in [1.54, 1.807) is 0 Å². The van der Waals surface area contributed by atoms with Crippen LogP contribution in [0.5, 0.6) is 0 Å². The molecule has 3 aromatic rings. The Morgan fingerprint density at radius 1 is 0.957 bits per heavy atom. The quantitative estimate of drug-likeness (QED) is 0.746. The first-order valence-electron chi connectivity index (χ1n) is 7.58. The zero-order chi connectivity index (χ0) is 16.2. The lowest BCUT2D eigenvalue weighted by Gasteiger charge is -2.05. The highest BCUT2D eigenvalue weighted by Gasteiger charge is 2.17. The van der Waals surface area contributed by atoms with Crippen molar-refractivity contribution in [3.05, 3.63) is 53.4 Å². The van der Waals surface area contributed by atoms with Crippen LogP contribution in [0.2, 0.25) is 0 Å². The van der Waals surface area contributed by atoms with Gasteiger partial charge in [-0.05, 0) is 12.5 Å². The summed E-state index contributed by atoms with van der Waals surface area (Å²) in [6.45, 7) is 5.93. The Morgan fingerprint density at radius 3 is 2.39 bits per heavy atom. The van der Waals surface area contributed by atoms with E-state index >= 15 is 0 Å². The Kier molecular flexibility index (Phi) is 4.36. The van der Waals surface area contributed by atoms with Crippen molar-refractivity contribution in [1.82, 2.24) is 20.3 Å². The molecule has 0 aliphatic carbocycles. The van der Waals surface area contributed by atoms with Crippen molar-refractivity contribution in [3.8, 4) is 0 Å². The van der Waals surface area contributed by atoms with Crippen LogP contribution in [0.4, 0.5) is 6.01 Å². The van der Waals surface area contributed by atoms with Gasteiger partial charge in [-0.3, -0.25) is 0 Å². The lowest BCUT2D eigenvalue weighted by atomic mass is 10.1. The van der Waals surface area contributed by atoms with Gasteiger partial charge in [0, 0.05) is 5.92 Å². The highest BCUT2D eigenvalue weighted by atomic mass is 16.5. The lowest BCUT2D eigenvalue weighted by molar-refractivity contribution is 0.376. The Balaban J connectivity index is 1.64. The fraction of sp³-hybridized carbons (Fsp3) is 0.375. The standard InChI is InChI=1S/C16H19N5O2/c1-10(2)14-19-16(23-20-14)17-11(3)15-18-13(22-21-15)9-12-7-5-4-6-8-12/h4-8,10-11H,9H2,1-3H3,(H,17,19,20)/t11-/m0/s1. The molecule has 0 spiro atoms. The average Bonchev–Trinajstić information content (AvgIpc) is 3.18. The summed E-state index contributed by atoms with van der Waals surface area (Å²) >= 11 is 0. The van der Waals surface area contributed by atoms with E-state index in [4.69, 9.17) is 9.05 Å². The Labute approximate surface area is 134 Å². The molecule has 0 aliphatic rings. The minimum atomic E-state index is -0.191. The maximum Gasteiger partial charge on any atom is 0.322 e. The van der Waals surface area contributed by atoms with Gasteiger partial charge in [-0.25, -0.2) is 0 Å². The molecule has 0 radical (unpaired) electrons. The monoisotopic (exact) mass is 313 g/mol. The van der Waals surface area contributed by atoms with Crippen LogP contribution in [0, 0.1) is 0 Å². The Morgan fingerprint density at radius 2 is 1.70 bits per heavy atom. The summed E-state index contributed by atoms with van der Waals surface area (Å²) < 4.78 is 10.5. The number of nitrogens with one attached hydrogen (secondary N) is 1. The number of rotatable bonds is 6. The van der Waals surface area contributed by atoms with Gasteiger partial charge in [0.2, 0.25) is 5.89 Å². The summed E-state index contributed by atoms with van der Waals surface area (Å²) in [7, 11) is 0. The fourth-order valence-electron chi connectivity index (χ4n) is 2.06. The molecular weight excluding hydrogens is 294 g/mol. The van der Waals surface area contributed by atoms with E-state index in [0.29, 0.717) is 30.0 Å². The van der Waals surface area contributed by atoms with Crippen LogP contribution in [0.3, 0.4) is 0 Å². The largest absolute Gasteiger partial charge is 0.339 e. The number of hydrogen-bond acceptors (Lipinski definition) is 7. The SMILES string of the molecule is CC(C)c1noc(N[C@@H](C)c2noc(Cc3ccccc3)n2)n1. The molecule has 1 aromatic carbocycles. The molecule has 0 fully saturated rings. The van der Waals surface area contributed by atoms with E-state index < -0.39 is 0 Å². The molecule has 2 heterocycles.